The largest absolute Gasteiger partial charge is 0.383 e. The van der Waals surface area contributed by atoms with Gasteiger partial charge in [0.1, 0.15) is 17.8 Å². The minimum absolute atomic E-state index is 0.501. The molecule has 0 saturated carbocycles. The Morgan fingerprint density at radius 3 is 2.67 bits per heavy atom. The summed E-state index contributed by atoms with van der Waals surface area (Å²) in [6.45, 7) is 0. The van der Waals surface area contributed by atoms with Gasteiger partial charge in [-0.1, -0.05) is 48.5 Å². The molecule has 0 radical (unpaired) electrons. The van der Waals surface area contributed by atoms with E-state index in [0.717, 1.165) is 45.2 Å². The number of hydrogen-bond acceptors (Lipinski definition) is 4. The standard InChI is InChI=1S/C22H17N5/c23-21-20-17(12-24-22(20)26-13-25-21)10-14-6-7-16-8-9-18(27-19(16)11-14)15-4-2-1-3-5-15/h1-9,11-13H,10H2,(H3,23,24,25,26). The molecule has 0 aliphatic heterocycles. The van der Waals surface area contributed by atoms with Gasteiger partial charge >= 0.3 is 0 Å². The molecule has 0 spiro atoms. The van der Waals surface area contributed by atoms with Crippen LogP contribution in [-0.4, -0.2) is 19.9 Å². The molecule has 0 saturated heterocycles. The molecular formula is C22H17N5. The zero-order valence-electron chi connectivity index (χ0n) is 14.6. The van der Waals surface area contributed by atoms with Crippen molar-refractivity contribution in [2.45, 2.75) is 6.42 Å². The van der Waals surface area contributed by atoms with E-state index in [4.69, 9.17) is 10.7 Å². The second-order valence-electron chi connectivity index (χ2n) is 6.56. The summed E-state index contributed by atoms with van der Waals surface area (Å²) < 4.78 is 0. The fourth-order valence-corrected chi connectivity index (χ4v) is 3.45. The predicted octanol–water partition coefficient (Wildman–Crippen LogP) is 4.35. The molecule has 5 aromatic rings. The topological polar surface area (TPSA) is 80.5 Å². The number of nitrogens with zero attached hydrogens (tertiary/aromatic N) is 3. The van der Waals surface area contributed by atoms with E-state index in [0.29, 0.717) is 5.82 Å². The predicted molar refractivity (Wildman–Crippen MR) is 108 cm³/mol. The zero-order valence-corrected chi connectivity index (χ0v) is 14.6. The lowest BCUT2D eigenvalue weighted by molar-refractivity contribution is 1.20. The number of fused-ring (bicyclic) bond motifs is 2. The van der Waals surface area contributed by atoms with Gasteiger partial charge in [0.25, 0.3) is 0 Å². The number of nitrogen functional groups attached to an aromatic ring is 1. The first-order chi connectivity index (χ1) is 13.3. The average Bonchev–Trinajstić information content (AvgIpc) is 3.12. The average molecular weight is 351 g/mol. The van der Waals surface area contributed by atoms with Gasteiger partial charge in [-0.3, -0.25) is 0 Å². The monoisotopic (exact) mass is 351 g/mol. The van der Waals surface area contributed by atoms with Crippen LogP contribution in [-0.2, 0) is 6.42 Å². The van der Waals surface area contributed by atoms with Gasteiger partial charge in [-0.2, -0.15) is 0 Å². The van der Waals surface area contributed by atoms with Crippen molar-refractivity contribution in [3.8, 4) is 11.3 Å². The molecule has 5 heteroatoms. The minimum atomic E-state index is 0.501. The van der Waals surface area contributed by atoms with Crippen LogP contribution in [0.1, 0.15) is 11.1 Å². The van der Waals surface area contributed by atoms with Crippen LogP contribution in [0, 0.1) is 0 Å². The fraction of sp³-hybridized carbons (Fsp3) is 0.0455. The highest BCUT2D eigenvalue weighted by Crippen LogP contribution is 2.26. The Kier molecular flexibility index (Phi) is 3.57. The maximum atomic E-state index is 6.05. The maximum absolute atomic E-state index is 6.05. The molecule has 3 N–H and O–H groups in total. The van der Waals surface area contributed by atoms with Crippen molar-refractivity contribution in [3.63, 3.8) is 0 Å². The number of benzene rings is 2. The molecule has 0 fully saturated rings. The summed E-state index contributed by atoms with van der Waals surface area (Å²) in [6, 6.07) is 20.8. The number of aromatic amines is 1. The highest BCUT2D eigenvalue weighted by molar-refractivity contribution is 5.89. The Morgan fingerprint density at radius 1 is 0.926 bits per heavy atom. The third-order valence-corrected chi connectivity index (χ3v) is 4.80. The lowest BCUT2D eigenvalue weighted by atomic mass is 10.0. The second-order valence-corrected chi connectivity index (χ2v) is 6.56. The summed E-state index contributed by atoms with van der Waals surface area (Å²) >= 11 is 0. The number of pyridine rings is 1. The van der Waals surface area contributed by atoms with Crippen LogP contribution in [0.3, 0.4) is 0 Å². The Morgan fingerprint density at radius 2 is 1.78 bits per heavy atom. The van der Waals surface area contributed by atoms with Crippen molar-refractivity contribution < 1.29 is 0 Å². The second kappa shape index (κ2) is 6.21. The van der Waals surface area contributed by atoms with Crippen LogP contribution in [0.4, 0.5) is 5.82 Å². The first-order valence-corrected chi connectivity index (χ1v) is 8.79. The van der Waals surface area contributed by atoms with Crippen LogP contribution < -0.4 is 5.73 Å². The van der Waals surface area contributed by atoms with E-state index in [2.05, 4.69) is 57.4 Å². The summed E-state index contributed by atoms with van der Waals surface area (Å²) in [5.74, 6) is 0.501. The zero-order chi connectivity index (χ0) is 18.2. The van der Waals surface area contributed by atoms with E-state index in [9.17, 15) is 0 Å². The SMILES string of the molecule is Nc1ncnc2[nH]cc(Cc3ccc4ccc(-c5ccccc5)nc4c3)c12. The lowest BCUT2D eigenvalue weighted by Gasteiger charge is -2.06. The van der Waals surface area contributed by atoms with Crippen LogP contribution in [0.5, 0.6) is 0 Å². The van der Waals surface area contributed by atoms with Gasteiger partial charge in [-0.25, -0.2) is 15.0 Å². The first-order valence-electron chi connectivity index (χ1n) is 8.79. The number of rotatable bonds is 3. The molecular weight excluding hydrogens is 334 g/mol. The van der Waals surface area contributed by atoms with E-state index >= 15 is 0 Å². The number of anilines is 1. The quantitative estimate of drug-likeness (QED) is 0.506. The smallest absolute Gasteiger partial charge is 0.143 e. The van der Waals surface area contributed by atoms with Gasteiger partial charge in [-0.05, 0) is 29.7 Å². The molecule has 0 amide bonds. The van der Waals surface area contributed by atoms with Crippen molar-refractivity contribution in [1.29, 1.82) is 0 Å². The summed E-state index contributed by atoms with van der Waals surface area (Å²) in [5.41, 5.74) is 12.1. The third-order valence-electron chi connectivity index (χ3n) is 4.80. The van der Waals surface area contributed by atoms with Gasteiger partial charge in [-0.15, -0.1) is 0 Å². The fourth-order valence-electron chi connectivity index (χ4n) is 3.45. The van der Waals surface area contributed by atoms with Gasteiger partial charge in [0.2, 0.25) is 0 Å². The molecule has 0 aliphatic carbocycles. The molecule has 5 nitrogen and oxygen atoms in total. The highest BCUT2D eigenvalue weighted by Gasteiger charge is 2.10. The lowest BCUT2D eigenvalue weighted by Crippen LogP contribution is -1.95. The molecule has 0 bridgehead atoms. The van der Waals surface area contributed by atoms with Crippen molar-refractivity contribution >= 4 is 27.8 Å². The molecule has 0 atom stereocenters. The molecule has 0 unspecified atom stereocenters. The maximum Gasteiger partial charge on any atom is 0.143 e. The van der Waals surface area contributed by atoms with Crippen LogP contribution in [0.25, 0.3) is 33.2 Å². The number of nitrogens with two attached hydrogens (primary N) is 1. The third kappa shape index (κ3) is 2.79. The summed E-state index contributed by atoms with van der Waals surface area (Å²) in [6.07, 6.45) is 4.17. The van der Waals surface area contributed by atoms with Gasteiger partial charge in [0.05, 0.1) is 16.6 Å². The Bertz CT molecular complexity index is 1260. The number of hydrogen-bond donors (Lipinski definition) is 2. The van der Waals surface area contributed by atoms with Crippen LogP contribution in [0.15, 0.2) is 73.2 Å². The van der Waals surface area contributed by atoms with E-state index in [1.165, 1.54) is 11.9 Å². The number of aromatic nitrogens is 4. The Balaban J connectivity index is 1.55. The van der Waals surface area contributed by atoms with Crippen molar-refractivity contribution in [2.24, 2.45) is 0 Å². The summed E-state index contributed by atoms with van der Waals surface area (Å²) in [4.78, 5) is 16.4. The van der Waals surface area contributed by atoms with Gasteiger partial charge in [0, 0.05) is 17.1 Å². The molecule has 0 aliphatic rings. The van der Waals surface area contributed by atoms with E-state index in [1.807, 2.05) is 24.4 Å². The Labute approximate surface area is 155 Å². The number of nitrogens with one attached hydrogen (secondary N) is 1. The summed E-state index contributed by atoms with van der Waals surface area (Å²) in [5, 5.41) is 2.02. The van der Waals surface area contributed by atoms with Crippen molar-refractivity contribution in [1.82, 2.24) is 19.9 Å². The van der Waals surface area contributed by atoms with E-state index in [-0.39, 0.29) is 0 Å². The minimum Gasteiger partial charge on any atom is -0.383 e. The molecule has 2 aromatic carbocycles. The highest BCUT2D eigenvalue weighted by atomic mass is 15.0. The molecule has 3 heterocycles. The Hall–Kier alpha value is -3.73. The van der Waals surface area contributed by atoms with E-state index in [1.54, 1.807) is 0 Å². The number of H-pyrrole nitrogens is 1. The van der Waals surface area contributed by atoms with Crippen molar-refractivity contribution in [2.75, 3.05) is 5.73 Å². The summed E-state index contributed by atoms with van der Waals surface area (Å²) in [7, 11) is 0. The van der Waals surface area contributed by atoms with Crippen molar-refractivity contribution in [3.05, 3.63) is 84.3 Å². The normalized spacial score (nSPS) is 11.3. The van der Waals surface area contributed by atoms with Gasteiger partial charge < -0.3 is 10.7 Å². The molecule has 5 rings (SSSR count). The van der Waals surface area contributed by atoms with Crippen LogP contribution in [0.2, 0.25) is 0 Å². The van der Waals surface area contributed by atoms with E-state index < -0.39 is 0 Å². The van der Waals surface area contributed by atoms with Crippen LogP contribution >= 0.6 is 0 Å². The molecule has 130 valence electrons. The first kappa shape index (κ1) is 15.5. The molecule has 3 aromatic heterocycles. The molecule has 27 heavy (non-hydrogen) atoms. The van der Waals surface area contributed by atoms with Gasteiger partial charge in [0.15, 0.2) is 0 Å².